The number of hydrogen-bond acceptors (Lipinski definition) is 4. The lowest BCUT2D eigenvalue weighted by Crippen LogP contribution is -2.44. The van der Waals surface area contributed by atoms with Crippen LogP contribution in [0.4, 0.5) is 0 Å². The fourth-order valence-electron chi connectivity index (χ4n) is 4.99. The highest BCUT2D eigenvalue weighted by molar-refractivity contribution is 5.92. The Labute approximate surface area is 156 Å². The van der Waals surface area contributed by atoms with Crippen LogP contribution >= 0.6 is 0 Å². The number of imidazole rings is 1. The van der Waals surface area contributed by atoms with Gasteiger partial charge in [-0.2, -0.15) is 0 Å². The number of rotatable bonds is 3. The number of ether oxygens (including phenoxy) is 1. The molecule has 3 fully saturated rings. The predicted molar refractivity (Wildman–Crippen MR) is 100 cm³/mol. The van der Waals surface area contributed by atoms with Crippen LogP contribution in [0.3, 0.4) is 0 Å². The molecule has 3 aliphatic rings. The molecular weight excluding hydrogens is 328 g/mol. The molecule has 1 N–H and O–H groups in total. The molecule has 0 radical (unpaired) electrons. The topological polar surface area (TPSA) is 61.5 Å². The Hall–Kier alpha value is -1.40. The molecule has 3 aliphatic heterocycles. The molecule has 0 bridgehead atoms. The van der Waals surface area contributed by atoms with Crippen molar-refractivity contribution in [3.05, 3.63) is 17.7 Å². The van der Waals surface area contributed by atoms with Gasteiger partial charge in [0.25, 0.3) is 5.91 Å². The van der Waals surface area contributed by atoms with Crippen LogP contribution in [-0.4, -0.2) is 71.1 Å². The molecule has 0 aliphatic carbocycles. The molecule has 3 saturated heterocycles. The van der Waals surface area contributed by atoms with Crippen molar-refractivity contribution in [2.24, 2.45) is 11.3 Å². The van der Waals surface area contributed by atoms with Crippen LogP contribution in [-0.2, 0) is 4.74 Å². The number of aromatic nitrogens is 2. The number of carbonyl (C=O) groups is 1. The van der Waals surface area contributed by atoms with Gasteiger partial charge in [-0.15, -0.1) is 0 Å². The van der Waals surface area contributed by atoms with Crippen molar-refractivity contribution in [2.75, 3.05) is 39.3 Å². The van der Waals surface area contributed by atoms with Crippen molar-refractivity contribution >= 4 is 5.91 Å². The van der Waals surface area contributed by atoms with Crippen LogP contribution < -0.4 is 0 Å². The van der Waals surface area contributed by atoms with Gasteiger partial charge in [0.1, 0.15) is 11.5 Å². The monoisotopic (exact) mass is 360 g/mol. The number of piperidine rings is 2. The third kappa shape index (κ3) is 3.81. The molecule has 26 heavy (non-hydrogen) atoms. The third-order valence-corrected chi connectivity index (χ3v) is 6.53. The van der Waals surface area contributed by atoms with Gasteiger partial charge < -0.3 is 19.5 Å². The summed E-state index contributed by atoms with van der Waals surface area (Å²) < 4.78 is 6.21. The highest BCUT2D eigenvalue weighted by Gasteiger charge is 2.43. The summed E-state index contributed by atoms with van der Waals surface area (Å²) in [5.74, 6) is 1.69. The summed E-state index contributed by atoms with van der Waals surface area (Å²) in [5.41, 5.74) is 0.894. The van der Waals surface area contributed by atoms with E-state index >= 15 is 0 Å². The van der Waals surface area contributed by atoms with Crippen molar-refractivity contribution in [3.8, 4) is 0 Å². The van der Waals surface area contributed by atoms with Gasteiger partial charge in [0.05, 0.1) is 18.9 Å². The molecule has 144 valence electrons. The average molecular weight is 361 g/mol. The first-order valence-corrected chi connectivity index (χ1v) is 10.2. The van der Waals surface area contributed by atoms with Crippen molar-refractivity contribution in [3.63, 3.8) is 0 Å². The van der Waals surface area contributed by atoms with E-state index in [0.717, 1.165) is 57.2 Å². The number of hydrogen-bond donors (Lipinski definition) is 1. The van der Waals surface area contributed by atoms with Gasteiger partial charge in [0.15, 0.2) is 0 Å². The zero-order valence-electron chi connectivity index (χ0n) is 16.2. The summed E-state index contributed by atoms with van der Waals surface area (Å²) in [5, 5.41) is 0. The van der Waals surface area contributed by atoms with Gasteiger partial charge >= 0.3 is 0 Å². The smallest absolute Gasteiger partial charge is 0.271 e. The number of amides is 1. The van der Waals surface area contributed by atoms with Gasteiger partial charge in [0, 0.05) is 26.2 Å². The standard InChI is InChI=1S/C20H32N4O2/c1-15-4-3-7-23(12-15)13-17-10-20(14-26-17)5-8-24(9-6-20)19(25)18-11-21-16(2)22-18/h11,15,17H,3-10,12-14H2,1-2H3,(H,21,22). The quantitative estimate of drug-likeness (QED) is 0.899. The van der Waals surface area contributed by atoms with E-state index in [-0.39, 0.29) is 11.3 Å². The highest BCUT2D eigenvalue weighted by atomic mass is 16.5. The zero-order valence-corrected chi connectivity index (χ0v) is 16.2. The van der Waals surface area contributed by atoms with E-state index in [2.05, 4.69) is 21.8 Å². The van der Waals surface area contributed by atoms with Crippen LogP contribution in [0.25, 0.3) is 0 Å². The first-order chi connectivity index (χ1) is 12.5. The minimum Gasteiger partial charge on any atom is -0.376 e. The van der Waals surface area contributed by atoms with E-state index in [1.165, 1.54) is 25.9 Å². The van der Waals surface area contributed by atoms with Gasteiger partial charge in [-0.25, -0.2) is 4.98 Å². The Morgan fingerprint density at radius 2 is 2.19 bits per heavy atom. The molecule has 6 nitrogen and oxygen atoms in total. The zero-order chi connectivity index (χ0) is 18.1. The summed E-state index contributed by atoms with van der Waals surface area (Å²) in [4.78, 5) is 24.4. The van der Waals surface area contributed by atoms with Crippen molar-refractivity contribution in [1.82, 2.24) is 19.8 Å². The van der Waals surface area contributed by atoms with Crippen LogP contribution in [0.1, 0.15) is 55.3 Å². The van der Waals surface area contributed by atoms with E-state index in [4.69, 9.17) is 4.74 Å². The molecule has 4 heterocycles. The van der Waals surface area contributed by atoms with Crippen LogP contribution in [0.5, 0.6) is 0 Å². The molecule has 0 saturated carbocycles. The molecule has 1 aromatic rings. The van der Waals surface area contributed by atoms with Crippen LogP contribution in [0.15, 0.2) is 6.20 Å². The van der Waals surface area contributed by atoms with E-state index in [9.17, 15) is 4.79 Å². The molecule has 6 heteroatoms. The lowest BCUT2D eigenvalue weighted by Gasteiger charge is -2.38. The molecule has 1 aromatic heterocycles. The molecule has 0 aromatic carbocycles. The summed E-state index contributed by atoms with van der Waals surface area (Å²) in [6, 6.07) is 0. The Kier molecular flexibility index (Phi) is 5.06. The third-order valence-electron chi connectivity index (χ3n) is 6.53. The summed E-state index contributed by atoms with van der Waals surface area (Å²) >= 11 is 0. The van der Waals surface area contributed by atoms with Crippen molar-refractivity contribution < 1.29 is 9.53 Å². The van der Waals surface area contributed by atoms with Crippen molar-refractivity contribution in [2.45, 2.75) is 52.1 Å². The molecule has 1 spiro atoms. The minimum atomic E-state index is 0.0817. The number of nitrogens with zero attached hydrogens (tertiary/aromatic N) is 3. The Bertz CT molecular complexity index is 636. The molecule has 2 atom stereocenters. The maximum absolute atomic E-state index is 12.6. The Balaban J connectivity index is 1.28. The second-order valence-corrected chi connectivity index (χ2v) is 8.82. The van der Waals surface area contributed by atoms with Gasteiger partial charge in [-0.3, -0.25) is 4.79 Å². The van der Waals surface area contributed by atoms with E-state index in [0.29, 0.717) is 11.8 Å². The minimum absolute atomic E-state index is 0.0817. The first-order valence-electron chi connectivity index (χ1n) is 10.2. The number of aromatic amines is 1. The largest absolute Gasteiger partial charge is 0.376 e. The van der Waals surface area contributed by atoms with E-state index < -0.39 is 0 Å². The second kappa shape index (κ2) is 7.31. The van der Waals surface area contributed by atoms with Crippen LogP contribution in [0, 0.1) is 18.3 Å². The molecule has 4 rings (SSSR count). The normalized spacial score (nSPS) is 29.4. The highest BCUT2D eigenvalue weighted by Crippen LogP contribution is 2.42. The van der Waals surface area contributed by atoms with E-state index in [1.54, 1.807) is 6.20 Å². The SMILES string of the molecule is Cc1ncc(C(=O)N2CCC3(CC2)COC(CN2CCCC(C)C2)C3)[nH]1. The summed E-state index contributed by atoms with van der Waals surface area (Å²) in [6.07, 6.45) is 7.98. The number of H-pyrrole nitrogens is 1. The number of likely N-dealkylation sites (tertiary alicyclic amines) is 2. The maximum atomic E-state index is 12.6. The number of nitrogens with one attached hydrogen (secondary N) is 1. The summed E-state index contributed by atoms with van der Waals surface area (Å²) in [7, 11) is 0. The van der Waals surface area contributed by atoms with Gasteiger partial charge in [0.2, 0.25) is 0 Å². The summed E-state index contributed by atoms with van der Waals surface area (Å²) in [6.45, 7) is 10.3. The van der Waals surface area contributed by atoms with Crippen LogP contribution in [0.2, 0.25) is 0 Å². The average Bonchev–Trinajstić information content (AvgIpc) is 3.22. The number of carbonyl (C=O) groups excluding carboxylic acids is 1. The van der Waals surface area contributed by atoms with E-state index in [1.807, 2.05) is 11.8 Å². The Morgan fingerprint density at radius 3 is 2.88 bits per heavy atom. The molecular formula is C20H32N4O2. The fourth-order valence-corrected chi connectivity index (χ4v) is 4.99. The first kappa shape index (κ1) is 18.0. The molecule has 1 amide bonds. The van der Waals surface area contributed by atoms with Crippen molar-refractivity contribution in [1.29, 1.82) is 0 Å². The second-order valence-electron chi connectivity index (χ2n) is 8.82. The lowest BCUT2D eigenvalue weighted by molar-refractivity contribution is 0.0400. The maximum Gasteiger partial charge on any atom is 0.271 e. The van der Waals surface area contributed by atoms with Gasteiger partial charge in [-0.05, 0) is 56.9 Å². The Morgan fingerprint density at radius 1 is 1.38 bits per heavy atom. The fraction of sp³-hybridized carbons (Fsp3) is 0.800. The number of aryl methyl sites for hydroxylation is 1. The molecule has 2 unspecified atom stereocenters. The predicted octanol–water partition coefficient (Wildman–Crippen LogP) is 2.46. The lowest BCUT2D eigenvalue weighted by atomic mass is 9.76. The van der Waals surface area contributed by atoms with Gasteiger partial charge in [-0.1, -0.05) is 6.92 Å².